The number of phenolic OH excluding ortho intramolecular Hbond substituents is 1. The molecule has 7 heteroatoms. The number of halogens is 1. The highest BCUT2D eigenvalue weighted by Gasteiger charge is 2.29. The van der Waals surface area contributed by atoms with Crippen LogP contribution in [0.1, 0.15) is 19.3 Å². The minimum atomic E-state index is -0.943. The van der Waals surface area contributed by atoms with Crippen LogP contribution < -0.4 is 4.74 Å². The molecule has 0 radical (unpaired) electrons. The average molecular weight is 340 g/mol. The summed E-state index contributed by atoms with van der Waals surface area (Å²) in [7, 11) is 0. The first-order valence-corrected chi connectivity index (χ1v) is 8.17. The van der Waals surface area contributed by atoms with Crippen LogP contribution in [0.2, 0.25) is 0 Å². The van der Waals surface area contributed by atoms with Crippen LogP contribution >= 0.6 is 0 Å². The SMILES string of the molecule is Oc1cc(-n2ccnc2)ccc1-c1ccc(O[C@H]2CCC[C@H]2F)nn1. The van der Waals surface area contributed by atoms with Gasteiger partial charge in [0.25, 0.3) is 0 Å². The van der Waals surface area contributed by atoms with E-state index in [4.69, 9.17) is 4.74 Å². The third-order valence-electron chi connectivity index (χ3n) is 4.34. The molecule has 0 saturated heterocycles. The Balaban J connectivity index is 1.53. The van der Waals surface area contributed by atoms with E-state index in [1.165, 1.54) is 0 Å². The first-order valence-electron chi connectivity index (χ1n) is 8.17. The molecule has 4 rings (SSSR count). The van der Waals surface area contributed by atoms with Gasteiger partial charge in [-0.1, -0.05) is 0 Å². The second-order valence-electron chi connectivity index (χ2n) is 6.03. The van der Waals surface area contributed by atoms with E-state index in [1.807, 2.05) is 6.07 Å². The van der Waals surface area contributed by atoms with Gasteiger partial charge in [-0.25, -0.2) is 9.37 Å². The highest BCUT2D eigenvalue weighted by molar-refractivity contribution is 5.68. The van der Waals surface area contributed by atoms with Crippen molar-refractivity contribution in [2.24, 2.45) is 0 Å². The van der Waals surface area contributed by atoms with Gasteiger partial charge in [0.1, 0.15) is 18.0 Å². The summed E-state index contributed by atoms with van der Waals surface area (Å²) in [6.45, 7) is 0. The van der Waals surface area contributed by atoms with Crippen LogP contribution in [-0.4, -0.2) is 37.1 Å². The monoisotopic (exact) mass is 340 g/mol. The molecule has 2 atom stereocenters. The van der Waals surface area contributed by atoms with Crippen molar-refractivity contribution in [3.63, 3.8) is 0 Å². The maximum Gasteiger partial charge on any atom is 0.233 e. The summed E-state index contributed by atoms with van der Waals surface area (Å²) in [5, 5.41) is 18.4. The van der Waals surface area contributed by atoms with Gasteiger partial charge in [-0.3, -0.25) is 0 Å². The second-order valence-corrected chi connectivity index (χ2v) is 6.03. The zero-order valence-electron chi connectivity index (χ0n) is 13.4. The lowest BCUT2D eigenvalue weighted by Crippen LogP contribution is -2.22. The Morgan fingerprint density at radius 3 is 2.72 bits per heavy atom. The molecule has 1 aliphatic rings. The summed E-state index contributed by atoms with van der Waals surface area (Å²) >= 11 is 0. The van der Waals surface area contributed by atoms with Crippen molar-refractivity contribution in [1.82, 2.24) is 19.7 Å². The molecule has 6 nitrogen and oxygen atoms in total. The summed E-state index contributed by atoms with van der Waals surface area (Å²) in [4.78, 5) is 3.98. The van der Waals surface area contributed by atoms with E-state index in [1.54, 1.807) is 47.6 Å². The Bertz CT molecular complexity index is 852. The zero-order chi connectivity index (χ0) is 17.2. The molecule has 0 bridgehead atoms. The van der Waals surface area contributed by atoms with E-state index in [9.17, 15) is 9.50 Å². The normalized spacial score (nSPS) is 19.9. The lowest BCUT2D eigenvalue weighted by molar-refractivity contribution is 0.119. The number of ether oxygens (including phenoxy) is 1. The third kappa shape index (κ3) is 3.17. The van der Waals surface area contributed by atoms with Gasteiger partial charge < -0.3 is 14.4 Å². The van der Waals surface area contributed by atoms with E-state index in [0.717, 1.165) is 12.1 Å². The number of aromatic nitrogens is 4. The van der Waals surface area contributed by atoms with Crippen molar-refractivity contribution < 1.29 is 14.2 Å². The predicted octanol–water partition coefficient (Wildman–Crippen LogP) is 3.30. The van der Waals surface area contributed by atoms with Crippen LogP contribution in [0.15, 0.2) is 49.1 Å². The summed E-state index contributed by atoms with van der Waals surface area (Å²) in [5.74, 6) is 0.390. The largest absolute Gasteiger partial charge is 0.507 e. The predicted molar refractivity (Wildman–Crippen MR) is 89.4 cm³/mol. The third-order valence-corrected chi connectivity index (χ3v) is 4.34. The van der Waals surface area contributed by atoms with Crippen LogP contribution in [0.25, 0.3) is 16.9 Å². The Hall–Kier alpha value is -2.96. The number of alkyl halides is 1. The highest BCUT2D eigenvalue weighted by atomic mass is 19.1. The van der Waals surface area contributed by atoms with Gasteiger partial charge in [0, 0.05) is 30.1 Å². The molecular weight excluding hydrogens is 323 g/mol. The molecule has 0 amide bonds. The van der Waals surface area contributed by atoms with Crippen molar-refractivity contribution >= 4 is 0 Å². The fourth-order valence-electron chi connectivity index (χ4n) is 3.00. The maximum absolute atomic E-state index is 13.6. The van der Waals surface area contributed by atoms with Crippen molar-refractivity contribution in [2.75, 3.05) is 0 Å². The van der Waals surface area contributed by atoms with E-state index in [0.29, 0.717) is 30.0 Å². The van der Waals surface area contributed by atoms with Gasteiger partial charge in [-0.05, 0) is 37.5 Å². The highest BCUT2D eigenvalue weighted by Crippen LogP contribution is 2.31. The molecule has 3 aromatic rings. The molecule has 2 aromatic heterocycles. The summed E-state index contributed by atoms with van der Waals surface area (Å²) < 4.78 is 21.0. The molecule has 1 saturated carbocycles. The Morgan fingerprint density at radius 2 is 2.08 bits per heavy atom. The number of benzene rings is 1. The molecule has 128 valence electrons. The van der Waals surface area contributed by atoms with Gasteiger partial charge >= 0.3 is 0 Å². The van der Waals surface area contributed by atoms with Gasteiger partial charge in [0.05, 0.1) is 17.7 Å². The molecule has 1 N–H and O–H groups in total. The van der Waals surface area contributed by atoms with E-state index in [-0.39, 0.29) is 5.75 Å². The number of hydrogen-bond acceptors (Lipinski definition) is 5. The van der Waals surface area contributed by atoms with Crippen LogP contribution in [0, 0.1) is 0 Å². The standard InChI is InChI=1S/C18H17FN4O2/c19-14-2-1-3-17(14)25-18-7-6-15(21-22-18)13-5-4-12(10-16(13)24)23-9-8-20-11-23/h4-11,14,17,24H,1-3H2/t14-,17+/m1/s1. The molecule has 1 fully saturated rings. The van der Waals surface area contributed by atoms with Crippen molar-refractivity contribution in [1.29, 1.82) is 0 Å². The lowest BCUT2D eigenvalue weighted by atomic mass is 10.1. The molecule has 2 heterocycles. The number of hydrogen-bond donors (Lipinski definition) is 1. The van der Waals surface area contributed by atoms with Crippen molar-refractivity contribution in [2.45, 2.75) is 31.5 Å². The summed E-state index contributed by atoms with van der Waals surface area (Å²) in [6.07, 6.45) is 5.79. The van der Waals surface area contributed by atoms with Crippen LogP contribution in [0.4, 0.5) is 4.39 Å². The second kappa shape index (κ2) is 6.51. The maximum atomic E-state index is 13.6. The number of imidazole rings is 1. The first-order chi connectivity index (χ1) is 12.2. The zero-order valence-corrected chi connectivity index (χ0v) is 13.4. The van der Waals surface area contributed by atoms with Gasteiger partial charge in [-0.15, -0.1) is 10.2 Å². The minimum absolute atomic E-state index is 0.0915. The Labute approximate surface area is 143 Å². The lowest BCUT2D eigenvalue weighted by Gasteiger charge is -2.14. The molecular formula is C18H17FN4O2. The van der Waals surface area contributed by atoms with Crippen LogP contribution in [-0.2, 0) is 0 Å². The van der Waals surface area contributed by atoms with E-state index < -0.39 is 12.3 Å². The Morgan fingerprint density at radius 1 is 1.16 bits per heavy atom. The molecule has 0 spiro atoms. The van der Waals surface area contributed by atoms with E-state index >= 15 is 0 Å². The molecule has 25 heavy (non-hydrogen) atoms. The number of rotatable bonds is 4. The van der Waals surface area contributed by atoms with Gasteiger partial charge in [-0.2, -0.15) is 0 Å². The van der Waals surface area contributed by atoms with Gasteiger partial charge in [0.2, 0.25) is 5.88 Å². The average Bonchev–Trinajstić information content (AvgIpc) is 3.28. The van der Waals surface area contributed by atoms with Crippen LogP contribution in [0.3, 0.4) is 0 Å². The minimum Gasteiger partial charge on any atom is -0.507 e. The van der Waals surface area contributed by atoms with E-state index in [2.05, 4.69) is 15.2 Å². The molecule has 1 aliphatic carbocycles. The first kappa shape index (κ1) is 15.6. The smallest absolute Gasteiger partial charge is 0.233 e. The van der Waals surface area contributed by atoms with Gasteiger partial charge in [0.15, 0.2) is 0 Å². The quantitative estimate of drug-likeness (QED) is 0.789. The Kier molecular flexibility index (Phi) is 4.05. The number of nitrogens with zero attached hydrogens (tertiary/aromatic N) is 4. The van der Waals surface area contributed by atoms with Crippen LogP contribution in [0.5, 0.6) is 11.6 Å². The molecule has 0 aliphatic heterocycles. The number of aromatic hydroxyl groups is 1. The fraction of sp³-hybridized carbons (Fsp3) is 0.278. The van der Waals surface area contributed by atoms with Crippen molar-refractivity contribution in [3.05, 3.63) is 49.1 Å². The molecule has 1 aromatic carbocycles. The summed E-state index contributed by atoms with van der Waals surface area (Å²) in [6, 6.07) is 8.61. The number of phenols is 1. The van der Waals surface area contributed by atoms with Crippen molar-refractivity contribution in [3.8, 4) is 28.6 Å². The summed E-state index contributed by atoms with van der Waals surface area (Å²) in [5.41, 5.74) is 1.87. The topological polar surface area (TPSA) is 73.1 Å². The fourth-order valence-corrected chi connectivity index (χ4v) is 3.00. The molecule has 0 unspecified atom stereocenters.